The molecule has 0 aliphatic carbocycles. The first-order chi connectivity index (χ1) is 20.2. The van der Waals surface area contributed by atoms with Crippen LogP contribution in [0.4, 0.5) is 16.2 Å². The Morgan fingerprint density at radius 2 is 0.881 bits per heavy atom. The fraction of sp³-hybridized carbons (Fsp3) is 0.194. The summed E-state index contributed by atoms with van der Waals surface area (Å²) >= 11 is 0. The van der Waals surface area contributed by atoms with Crippen LogP contribution in [0, 0.1) is 0 Å². The van der Waals surface area contributed by atoms with Gasteiger partial charge in [0.2, 0.25) is 0 Å². The van der Waals surface area contributed by atoms with E-state index in [1.165, 1.54) is 48.5 Å². The van der Waals surface area contributed by atoms with Crippen molar-refractivity contribution in [2.45, 2.75) is 25.7 Å². The molecular weight excluding hydrogens is 576 g/mol. The SMILES string of the molecule is O=C(Nc1ccc(OS(=O)(=O)CCCc2ccccc2)cc1)Nc1ccc(OS(=O)(=O)CCCc2ccccc2)cc1. The number of hydrogen-bond donors (Lipinski definition) is 2. The lowest BCUT2D eigenvalue weighted by Gasteiger charge is -2.11. The van der Waals surface area contributed by atoms with Gasteiger partial charge in [-0.1, -0.05) is 60.7 Å². The number of amides is 2. The van der Waals surface area contributed by atoms with Crippen molar-refractivity contribution >= 4 is 37.6 Å². The Bertz CT molecular complexity index is 1520. The number of carbonyl (C=O) groups excluding carboxylic acids is 1. The van der Waals surface area contributed by atoms with Gasteiger partial charge in [0.15, 0.2) is 0 Å². The second kappa shape index (κ2) is 14.5. The zero-order valence-corrected chi connectivity index (χ0v) is 24.4. The molecule has 2 amide bonds. The standard InChI is InChI=1S/C31H32N2O7S2/c34-31(32-27-15-19-29(20-16-27)39-41(35,36)23-7-13-25-9-3-1-4-10-25)33-28-17-21-30(22-18-28)40-42(37,38)24-8-14-26-11-5-2-6-12-26/h1-6,9-12,15-22H,7-8,13-14,23-24H2,(H2,32,33,34). The highest BCUT2D eigenvalue weighted by Crippen LogP contribution is 2.20. The monoisotopic (exact) mass is 608 g/mol. The highest BCUT2D eigenvalue weighted by Gasteiger charge is 2.14. The predicted molar refractivity (Wildman–Crippen MR) is 164 cm³/mol. The molecule has 42 heavy (non-hydrogen) atoms. The fourth-order valence-corrected chi connectivity index (χ4v) is 6.02. The van der Waals surface area contributed by atoms with Gasteiger partial charge in [-0.25, -0.2) is 4.79 Å². The van der Waals surface area contributed by atoms with E-state index in [1.807, 2.05) is 60.7 Å². The highest BCUT2D eigenvalue weighted by atomic mass is 32.2. The number of hydrogen-bond acceptors (Lipinski definition) is 7. The summed E-state index contributed by atoms with van der Waals surface area (Å²) in [6.07, 6.45) is 2.13. The van der Waals surface area contributed by atoms with Crippen LogP contribution in [-0.4, -0.2) is 34.4 Å². The zero-order chi connectivity index (χ0) is 29.8. The third kappa shape index (κ3) is 10.6. The Kier molecular flexibility index (Phi) is 10.6. The zero-order valence-electron chi connectivity index (χ0n) is 22.8. The maximum absolute atomic E-state index is 12.4. The van der Waals surface area contributed by atoms with E-state index < -0.39 is 26.3 Å². The maximum Gasteiger partial charge on any atom is 0.323 e. The molecule has 11 heteroatoms. The van der Waals surface area contributed by atoms with Gasteiger partial charge in [-0.05, 0) is 85.3 Å². The average molecular weight is 609 g/mol. The quantitative estimate of drug-likeness (QED) is 0.168. The molecule has 0 bridgehead atoms. The van der Waals surface area contributed by atoms with Crippen molar-refractivity contribution in [3.8, 4) is 11.5 Å². The van der Waals surface area contributed by atoms with Crippen LogP contribution in [0.15, 0.2) is 109 Å². The number of urea groups is 1. The van der Waals surface area contributed by atoms with Crippen LogP contribution in [0.2, 0.25) is 0 Å². The summed E-state index contributed by atoms with van der Waals surface area (Å²) in [7, 11) is -7.52. The maximum atomic E-state index is 12.4. The normalized spacial score (nSPS) is 11.4. The van der Waals surface area contributed by atoms with Gasteiger partial charge < -0.3 is 19.0 Å². The van der Waals surface area contributed by atoms with Crippen molar-refractivity contribution < 1.29 is 30.0 Å². The van der Waals surface area contributed by atoms with E-state index in [1.54, 1.807) is 0 Å². The molecule has 0 saturated heterocycles. The summed E-state index contributed by atoms with van der Waals surface area (Å²) in [5.41, 5.74) is 2.96. The molecule has 0 aliphatic rings. The van der Waals surface area contributed by atoms with Crippen molar-refractivity contribution in [1.82, 2.24) is 0 Å². The van der Waals surface area contributed by atoms with Crippen LogP contribution in [0.5, 0.6) is 11.5 Å². The van der Waals surface area contributed by atoms with Gasteiger partial charge in [0.1, 0.15) is 11.5 Å². The van der Waals surface area contributed by atoms with Crippen LogP contribution in [-0.2, 0) is 33.1 Å². The lowest BCUT2D eigenvalue weighted by atomic mass is 10.1. The van der Waals surface area contributed by atoms with Gasteiger partial charge in [-0.3, -0.25) is 0 Å². The largest absolute Gasteiger partial charge is 0.382 e. The van der Waals surface area contributed by atoms with E-state index in [4.69, 9.17) is 8.37 Å². The minimum atomic E-state index is -3.76. The molecule has 0 radical (unpaired) electrons. The van der Waals surface area contributed by atoms with E-state index in [-0.39, 0.29) is 23.0 Å². The molecule has 2 N–H and O–H groups in total. The van der Waals surface area contributed by atoms with Crippen LogP contribution >= 0.6 is 0 Å². The number of carbonyl (C=O) groups is 1. The van der Waals surface area contributed by atoms with Crippen molar-refractivity contribution in [1.29, 1.82) is 0 Å². The Hall–Kier alpha value is -4.35. The summed E-state index contributed by atoms with van der Waals surface area (Å²) in [4.78, 5) is 12.4. The van der Waals surface area contributed by atoms with Gasteiger partial charge in [0.25, 0.3) is 0 Å². The van der Waals surface area contributed by atoms with Crippen LogP contribution < -0.4 is 19.0 Å². The summed E-state index contributed by atoms with van der Waals surface area (Å²) in [6.45, 7) is 0. The van der Waals surface area contributed by atoms with Gasteiger partial charge >= 0.3 is 26.3 Å². The molecule has 4 aromatic carbocycles. The molecular formula is C31H32N2O7S2. The molecule has 9 nitrogen and oxygen atoms in total. The summed E-state index contributed by atoms with van der Waals surface area (Å²) in [5.74, 6) is 0.0559. The van der Waals surface area contributed by atoms with Gasteiger partial charge in [0.05, 0.1) is 11.5 Å². The van der Waals surface area contributed by atoms with E-state index >= 15 is 0 Å². The van der Waals surface area contributed by atoms with Gasteiger partial charge in [-0.15, -0.1) is 0 Å². The second-order valence-electron chi connectivity index (χ2n) is 9.50. The molecule has 0 atom stereocenters. The second-order valence-corrected chi connectivity index (χ2v) is 12.9. The van der Waals surface area contributed by atoms with Gasteiger partial charge in [0, 0.05) is 11.4 Å². The van der Waals surface area contributed by atoms with E-state index in [0.29, 0.717) is 37.1 Å². The first-order valence-electron chi connectivity index (χ1n) is 13.4. The van der Waals surface area contributed by atoms with E-state index in [2.05, 4.69) is 10.6 Å². The summed E-state index contributed by atoms with van der Waals surface area (Å²) in [5, 5.41) is 5.28. The molecule has 220 valence electrons. The van der Waals surface area contributed by atoms with Crippen LogP contribution in [0.3, 0.4) is 0 Å². The van der Waals surface area contributed by atoms with Crippen LogP contribution in [0.25, 0.3) is 0 Å². The topological polar surface area (TPSA) is 128 Å². The Morgan fingerprint density at radius 1 is 0.524 bits per heavy atom. The molecule has 0 saturated carbocycles. The number of aryl methyl sites for hydroxylation is 2. The molecule has 0 aliphatic heterocycles. The number of rotatable bonds is 14. The first kappa shape index (κ1) is 30.6. The minimum Gasteiger partial charge on any atom is -0.382 e. The van der Waals surface area contributed by atoms with Crippen molar-refractivity contribution in [3.05, 3.63) is 120 Å². The average Bonchev–Trinajstić information content (AvgIpc) is 2.96. The third-order valence-electron chi connectivity index (χ3n) is 6.08. The summed E-state index contributed by atoms with van der Waals surface area (Å²) in [6, 6.07) is 30.6. The fourth-order valence-electron chi connectivity index (χ4n) is 4.05. The minimum absolute atomic E-state index is 0.117. The predicted octanol–water partition coefficient (Wildman–Crippen LogP) is 6.01. The van der Waals surface area contributed by atoms with Crippen molar-refractivity contribution in [2.24, 2.45) is 0 Å². The smallest absolute Gasteiger partial charge is 0.323 e. The van der Waals surface area contributed by atoms with Crippen LogP contribution in [0.1, 0.15) is 24.0 Å². The Labute approximate surface area is 246 Å². The molecule has 0 heterocycles. The number of benzene rings is 4. The van der Waals surface area contributed by atoms with E-state index in [0.717, 1.165) is 11.1 Å². The molecule has 0 unspecified atom stereocenters. The Morgan fingerprint density at radius 3 is 1.24 bits per heavy atom. The molecule has 4 aromatic rings. The van der Waals surface area contributed by atoms with E-state index in [9.17, 15) is 21.6 Å². The molecule has 0 aromatic heterocycles. The first-order valence-corrected chi connectivity index (χ1v) is 16.5. The highest BCUT2D eigenvalue weighted by molar-refractivity contribution is 7.87. The molecule has 0 fully saturated rings. The van der Waals surface area contributed by atoms with Gasteiger partial charge in [-0.2, -0.15) is 16.8 Å². The third-order valence-corrected chi connectivity index (χ3v) is 8.55. The number of nitrogens with one attached hydrogen (secondary N) is 2. The lowest BCUT2D eigenvalue weighted by molar-refractivity contribution is 0.262. The summed E-state index contributed by atoms with van der Waals surface area (Å²) < 4.78 is 59.6. The molecule has 4 rings (SSSR count). The molecule has 0 spiro atoms. The Balaban J connectivity index is 1.19. The van der Waals surface area contributed by atoms with Crippen molar-refractivity contribution in [3.63, 3.8) is 0 Å². The lowest BCUT2D eigenvalue weighted by Crippen LogP contribution is -2.19. The van der Waals surface area contributed by atoms with Crippen molar-refractivity contribution in [2.75, 3.05) is 22.1 Å². The number of anilines is 2.